The first-order valence-electron chi connectivity index (χ1n) is 13.0. The van der Waals surface area contributed by atoms with Crippen LogP contribution in [0.5, 0.6) is 0 Å². The van der Waals surface area contributed by atoms with Crippen molar-refractivity contribution < 1.29 is 10.0 Å². The van der Waals surface area contributed by atoms with E-state index < -0.39 is 7.12 Å². The van der Waals surface area contributed by atoms with Crippen molar-refractivity contribution in [1.29, 1.82) is 10.5 Å². The van der Waals surface area contributed by atoms with E-state index in [1.165, 1.54) is 18.7 Å². The number of aromatic nitrogens is 8. The molecular weight excluding hydrogens is 579 g/mol. The zero-order chi connectivity index (χ0) is 31.5. The van der Waals surface area contributed by atoms with Crippen LogP contribution in [0, 0.1) is 36.5 Å². The van der Waals surface area contributed by atoms with E-state index >= 15 is 0 Å². The number of nitriles is 2. The van der Waals surface area contributed by atoms with Gasteiger partial charge in [-0.05, 0) is 67.3 Å². The van der Waals surface area contributed by atoms with Gasteiger partial charge < -0.3 is 10.0 Å². The summed E-state index contributed by atoms with van der Waals surface area (Å²) in [6.07, 6.45) is 9.89. The van der Waals surface area contributed by atoms with E-state index in [2.05, 4.69) is 36.2 Å². The summed E-state index contributed by atoms with van der Waals surface area (Å²) < 4.78 is 3.29. The van der Waals surface area contributed by atoms with Crippen LogP contribution in [0.2, 0.25) is 5.15 Å². The molecule has 6 rings (SSSR count). The van der Waals surface area contributed by atoms with Crippen molar-refractivity contribution in [2.45, 2.75) is 13.8 Å². The minimum Gasteiger partial charge on any atom is -0.423 e. The Hall–Kier alpha value is -5.73. The lowest BCUT2D eigenvalue weighted by atomic mass is 9.79. The van der Waals surface area contributed by atoms with E-state index in [0.29, 0.717) is 33.4 Å². The van der Waals surface area contributed by atoms with E-state index in [-0.39, 0.29) is 0 Å². The van der Waals surface area contributed by atoms with Crippen LogP contribution in [0.25, 0.3) is 22.9 Å². The van der Waals surface area contributed by atoms with Gasteiger partial charge in [-0.25, -0.2) is 29.3 Å². The Balaban J connectivity index is 0.000000160. The second kappa shape index (κ2) is 15.0. The molecule has 216 valence electrons. The van der Waals surface area contributed by atoms with Gasteiger partial charge in [-0.1, -0.05) is 23.2 Å². The number of aryl methyl sites for hydroxylation is 2. The van der Waals surface area contributed by atoms with E-state index in [1.54, 1.807) is 53.1 Å². The Morgan fingerprint density at radius 3 is 1.82 bits per heavy atom. The lowest BCUT2D eigenvalue weighted by Crippen LogP contribution is -2.30. The number of benzene rings is 2. The third-order valence-corrected chi connectivity index (χ3v) is 5.99. The first kappa shape index (κ1) is 31.2. The van der Waals surface area contributed by atoms with Gasteiger partial charge in [-0.15, -0.1) is 0 Å². The molecule has 0 amide bonds. The van der Waals surface area contributed by atoms with Gasteiger partial charge in [0.25, 0.3) is 0 Å². The Morgan fingerprint density at radius 1 is 0.705 bits per heavy atom. The average molecular weight is 603 g/mol. The molecule has 2 N–H and O–H groups in total. The maximum atomic E-state index is 9.04. The maximum absolute atomic E-state index is 9.04. The lowest BCUT2D eigenvalue weighted by Gasteiger charge is -2.05. The van der Waals surface area contributed by atoms with Gasteiger partial charge >= 0.3 is 7.12 Å². The van der Waals surface area contributed by atoms with Gasteiger partial charge in [0, 0.05) is 42.5 Å². The first-order chi connectivity index (χ1) is 21.2. The highest BCUT2D eigenvalue weighted by molar-refractivity contribution is 6.58. The largest absolute Gasteiger partial charge is 0.488 e. The van der Waals surface area contributed by atoms with Gasteiger partial charge in [0.15, 0.2) is 11.6 Å². The molecule has 0 aliphatic heterocycles. The second-order valence-electron chi connectivity index (χ2n) is 9.18. The molecule has 0 spiro atoms. The fourth-order valence-corrected chi connectivity index (χ4v) is 4.05. The topological polar surface area (TPSA) is 175 Å². The number of halogens is 1. The molecule has 14 heteroatoms. The predicted molar refractivity (Wildman–Crippen MR) is 164 cm³/mol. The van der Waals surface area contributed by atoms with Crippen LogP contribution in [-0.4, -0.2) is 56.7 Å². The maximum Gasteiger partial charge on any atom is 0.488 e. The highest BCUT2D eigenvalue weighted by atomic mass is 35.5. The Bertz CT molecular complexity index is 1920. The van der Waals surface area contributed by atoms with Gasteiger partial charge in [0.1, 0.15) is 17.8 Å². The summed E-state index contributed by atoms with van der Waals surface area (Å²) in [6, 6.07) is 21.7. The smallest absolute Gasteiger partial charge is 0.423 e. The van der Waals surface area contributed by atoms with Crippen molar-refractivity contribution >= 4 is 24.2 Å². The number of rotatable bonds is 4. The normalized spacial score (nSPS) is 9.89. The summed E-state index contributed by atoms with van der Waals surface area (Å²) in [6.45, 7) is 3.76. The Labute approximate surface area is 258 Å². The lowest BCUT2D eigenvalue weighted by molar-refractivity contribution is 0.425. The molecule has 0 atom stereocenters. The quantitative estimate of drug-likeness (QED) is 0.225. The van der Waals surface area contributed by atoms with Crippen molar-refractivity contribution in [1.82, 2.24) is 39.5 Å². The highest BCUT2D eigenvalue weighted by Crippen LogP contribution is 2.21. The Kier molecular flexibility index (Phi) is 10.6. The van der Waals surface area contributed by atoms with Crippen molar-refractivity contribution in [2.75, 3.05) is 0 Å². The third kappa shape index (κ3) is 8.64. The van der Waals surface area contributed by atoms with Crippen LogP contribution in [0.4, 0.5) is 0 Å². The SMILES string of the molecule is Cc1cc(C#N)cc(-c2cc(-n3cccn3)ncn2)c1.Cc1cc(C#N)cc(B(O)O)c1.Clc1cc(-n2cccn2)ncn1. The van der Waals surface area contributed by atoms with Crippen LogP contribution in [0.3, 0.4) is 0 Å². The minimum atomic E-state index is -1.50. The zero-order valence-corrected chi connectivity index (χ0v) is 24.3. The molecule has 0 aliphatic carbocycles. The molecule has 4 heterocycles. The zero-order valence-electron chi connectivity index (χ0n) is 23.6. The molecule has 0 aliphatic rings. The molecule has 0 fully saturated rings. The summed E-state index contributed by atoms with van der Waals surface area (Å²) in [5, 5.41) is 43.8. The highest BCUT2D eigenvalue weighted by Gasteiger charge is 2.11. The van der Waals surface area contributed by atoms with Crippen LogP contribution in [0.15, 0.2) is 98.1 Å². The fraction of sp³-hybridized carbons (Fsp3) is 0.0667. The fourth-order valence-electron chi connectivity index (χ4n) is 3.91. The second-order valence-corrected chi connectivity index (χ2v) is 9.57. The number of nitrogens with zero attached hydrogens (tertiary/aromatic N) is 10. The van der Waals surface area contributed by atoms with E-state index in [1.807, 2.05) is 55.6 Å². The molecule has 0 radical (unpaired) electrons. The molecule has 44 heavy (non-hydrogen) atoms. The summed E-state index contributed by atoms with van der Waals surface area (Å²) in [4.78, 5) is 16.2. The molecule has 0 bridgehead atoms. The van der Waals surface area contributed by atoms with Crippen molar-refractivity contribution in [3.63, 3.8) is 0 Å². The predicted octanol–water partition coefficient (Wildman–Crippen LogP) is 3.37. The van der Waals surface area contributed by atoms with Crippen LogP contribution >= 0.6 is 11.6 Å². The summed E-state index contributed by atoms with van der Waals surface area (Å²) in [5.41, 5.74) is 4.96. The van der Waals surface area contributed by atoms with Crippen LogP contribution < -0.4 is 5.46 Å². The molecule has 0 saturated heterocycles. The van der Waals surface area contributed by atoms with Gasteiger partial charge in [0.05, 0.1) is 29.0 Å². The summed E-state index contributed by atoms with van der Waals surface area (Å²) in [7, 11) is -1.50. The van der Waals surface area contributed by atoms with Crippen molar-refractivity contribution in [3.8, 4) is 35.0 Å². The molecular formula is C30H24BClN10O2. The summed E-state index contributed by atoms with van der Waals surface area (Å²) >= 11 is 5.67. The van der Waals surface area contributed by atoms with Gasteiger partial charge in [0.2, 0.25) is 0 Å². The Morgan fingerprint density at radius 2 is 1.27 bits per heavy atom. The summed E-state index contributed by atoms with van der Waals surface area (Å²) in [5.74, 6) is 1.36. The first-order valence-corrected chi connectivity index (χ1v) is 13.3. The molecule has 6 aromatic rings. The standard InChI is InChI=1S/C15H11N5.C8H8BNO2.C7H5ClN4/c1-11-5-12(9-16)7-13(6-11)14-8-15(18-10-17-14)20-4-2-3-19-20;1-6-2-7(5-10)4-8(3-6)9(11)12;8-6-4-7(10-5-9-6)12-3-1-2-11-12/h2-8,10H,1H3;2-4,11-12H,1H3;1-5H. The molecule has 12 nitrogen and oxygen atoms in total. The van der Waals surface area contributed by atoms with E-state index in [9.17, 15) is 0 Å². The average Bonchev–Trinajstić information content (AvgIpc) is 3.77. The van der Waals surface area contributed by atoms with Crippen molar-refractivity contribution in [3.05, 3.63) is 126 Å². The number of hydrogen-bond donors (Lipinski definition) is 2. The van der Waals surface area contributed by atoms with Gasteiger partial charge in [-0.2, -0.15) is 20.7 Å². The monoisotopic (exact) mass is 602 g/mol. The van der Waals surface area contributed by atoms with Crippen LogP contribution in [-0.2, 0) is 0 Å². The molecule has 4 aromatic heterocycles. The third-order valence-electron chi connectivity index (χ3n) is 5.78. The van der Waals surface area contributed by atoms with Gasteiger partial charge in [-0.3, -0.25) is 0 Å². The van der Waals surface area contributed by atoms with Crippen LogP contribution in [0.1, 0.15) is 22.3 Å². The minimum absolute atomic E-state index is 0.353. The molecule has 0 unspecified atom stereocenters. The van der Waals surface area contributed by atoms with Crippen molar-refractivity contribution in [2.24, 2.45) is 0 Å². The van der Waals surface area contributed by atoms with E-state index in [0.717, 1.165) is 22.4 Å². The van der Waals surface area contributed by atoms with E-state index in [4.69, 9.17) is 32.2 Å². The molecule has 2 aromatic carbocycles. The number of hydrogen-bond acceptors (Lipinski definition) is 10. The molecule has 0 saturated carbocycles.